The molecule has 0 N–H and O–H groups in total. The van der Waals surface area contributed by atoms with Crippen LogP contribution in [-0.4, -0.2) is 30.4 Å². The largest absolute Gasteiger partial charge is 0.433 e. The Morgan fingerprint density at radius 1 is 1.14 bits per heavy atom. The van der Waals surface area contributed by atoms with E-state index in [2.05, 4.69) is 4.98 Å². The van der Waals surface area contributed by atoms with Gasteiger partial charge in [0.15, 0.2) is 16.9 Å². The van der Waals surface area contributed by atoms with Gasteiger partial charge in [0.05, 0.1) is 6.42 Å². The topological polar surface area (TPSA) is 105 Å². The first kappa shape index (κ1) is 13.3. The van der Waals surface area contributed by atoms with E-state index in [9.17, 15) is 19.2 Å². The molecule has 0 aliphatic carbocycles. The lowest BCUT2D eigenvalue weighted by Gasteiger charge is -2.22. The van der Waals surface area contributed by atoms with Crippen molar-refractivity contribution >= 4 is 22.9 Å². The smallest absolute Gasteiger partial charge is 0.332 e. The van der Waals surface area contributed by atoms with E-state index in [4.69, 9.17) is 4.74 Å². The Morgan fingerprint density at radius 2 is 1.86 bits per heavy atom. The Labute approximate surface area is 117 Å². The first-order valence-corrected chi connectivity index (χ1v) is 6.26. The van der Waals surface area contributed by atoms with Crippen molar-refractivity contribution in [2.24, 2.45) is 14.1 Å². The summed E-state index contributed by atoms with van der Waals surface area (Å²) < 4.78 is 8.33. The summed E-state index contributed by atoms with van der Waals surface area (Å²) >= 11 is 0. The van der Waals surface area contributed by atoms with E-state index in [1.807, 2.05) is 0 Å². The van der Waals surface area contributed by atoms with Gasteiger partial charge in [-0.25, -0.2) is 9.78 Å². The summed E-state index contributed by atoms with van der Waals surface area (Å²) in [6.45, 7) is 0. The predicted molar refractivity (Wildman–Crippen MR) is 69.6 cm³/mol. The lowest BCUT2D eigenvalue weighted by molar-refractivity contribution is -0.166. The Morgan fingerprint density at radius 3 is 2.57 bits per heavy atom. The number of ketones is 1. The lowest BCUT2D eigenvalue weighted by atomic mass is 10.1. The molecule has 2 aromatic rings. The fraction of sp³-hybridized carbons (Fsp3) is 0.417. The van der Waals surface area contributed by atoms with Gasteiger partial charge in [-0.2, -0.15) is 0 Å². The van der Waals surface area contributed by atoms with Crippen LogP contribution in [0.3, 0.4) is 0 Å². The number of rotatable bonds is 1. The average molecular weight is 292 g/mol. The van der Waals surface area contributed by atoms with Crippen molar-refractivity contribution in [3.63, 3.8) is 0 Å². The summed E-state index contributed by atoms with van der Waals surface area (Å²) in [6, 6.07) is 0. The maximum atomic E-state index is 12.3. The number of carbonyl (C=O) groups excluding carboxylic acids is 2. The first-order chi connectivity index (χ1) is 9.91. The highest BCUT2D eigenvalue weighted by Gasteiger charge is 2.32. The third kappa shape index (κ3) is 1.81. The van der Waals surface area contributed by atoms with Gasteiger partial charge in [-0.15, -0.1) is 0 Å². The maximum absolute atomic E-state index is 12.3. The molecule has 0 spiro atoms. The molecule has 110 valence electrons. The molecule has 9 heteroatoms. The predicted octanol–water partition coefficient (Wildman–Crippen LogP) is -1.16. The zero-order valence-electron chi connectivity index (χ0n) is 11.4. The second-order valence-electron chi connectivity index (χ2n) is 4.84. The van der Waals surface area contributed by atoms with Crippen molar-refractivity contribution in [2.45, 2.75) is 19.1 Å². The van der Waals surface area contributed by atoms with Crippen LogP contribution in [0, 0.1) is 0 Å². The van der Waals surface area contributed by atoms with Gasteiger partial charge in [-0.05, 0) is 0 Å². The van der Waals surface area contributed by atoms with Crippen molar-refractivity contribution in [1.29, 1.82) is 0 Å². The number of ether oxygens (including phenoxy) is 1. The molecule has 1 atom stereocenters. The number of aromatic nitrogens is 4. The molecule has 1 unspecified atom stereocenters. The summed E-state index contributed by atoms with van der Waals surface area (Å²) in [4.78, 5) is 51.4. The fourth-order valence-corrected chi connectivity index (χ4v) is 2.35. The van der Waals surface area contributed by atoms with E-state index in [0.29, 0.717) is 0 Å². The molecule has 9 nitrogen and oxygen atoms in total. The molecule has 3 rings (SSSR count). The number of carbonyl (C=O) groups is 2. The Bertz CT molecular complexity index is 887. The minimum Gasteiger partial charge on any atom is -0.433 e. The molecule has 0 saturated carbocycles. The zero-order chi connectivity index (χ0) is 15.3. The van der Waals surface area contributed by atoms with Crippen LogP contribution in [0.2, 0.25) is 0 Å². The third-order valence-corrected chi connectivity index (χ3v) is 3.52. The Hall–Kier alpha value is -2.71. The molecular formula is C12H12N4O5. The number of Topliss-reactive ketones (excluding diaryl/α,β-unsaturated/α-hetero) is 1. The zero-order valence-corrected chi connectivity index (χ0v) is 11.4. The molecule has 0 radical (unpaired) electrons. The molecule has 0 amide bonds. The maximum Gasteiger partial charge on any atom is 0.332 e. The van der Waals surface area contributed by atoms with E-state index >= 15 is 0 Å². The van der Waals surface area contributed by atoms with Crippen LogP contribution in [0.15, 0.2) is 15.9 Å². The van der Waals surface area contributed by atoms with Crippen molar-refractivity contribution in [1.82, 2.24) is 18.7 Å². The summed E-state index contributed by atoms with van der Waals surface area (Å²) in [5.74, 6) is -0.826. The second-order valence-corrected chi connectivity index (χ2v) is 4.84. The van der Waals surface area contributed by atoms with Crippen LogP contribution in [0.4, 0.5) is 0 Å². The number of cyclic esters (lactones) is 1. The van der Waals surface area contributed by atoms with E-state index in [1.165, 1.54) is 29.6 Å². The number of nitrogens with zero attached hydrogens (tertiary/aromatic N) is 4. The fourth-order valence-electron chi connectivity index (χ4n) is 2.35. The van der Waals surface area contributed by atoms with Crippen molar-refractivity contribution in [2.75, 3.05) is 0 Å². The minimum absolute atomic E-state index is 0.0262. The molecule has 1 aliphatic rings. The number of esters is 1. The van der Waals surface area contributed by atoms with Crippen LogP contribution in [-0.2, 0) is 28.4 Å². The van der Waals surface area contributed by atoms with E-state index in [0.717, 1.165) is 4.57 Å². The third-order valence-electron chi connectivity index (χ3n) is 3.52. The highest BCUT2D eigenvalue weighted by molar-refractivity contribution is 5.91. The van der Waals surface area contributed by atoms with Gasteiger partial charge in [0.1, 0.15) is 6.33 Å². The van der Waals surface area contributed by atoms with Crippen LogP contribution in [0.5, 0.6) is 0 Å². The normalized spacial score (nSPS) is 19.0. The lowest BCUT2D eigenvalue weighted by Crippen LogP contribution is -2.39. The van der Waals surface area contributed by atoms with Crippen LogP contribution in [0.1, 0.15) is 19.1 Å². The number of imidazole rings is 1. The van der Waals surface area contributed by atoms with Crippen LogP contribution in [0.25, 0.3) is 11.2 Å². The Balaban J connectivity index is 2.30. The van der Waals surface area contributed by atoms with Crippen molar-refractivity contribution in [3.05, 3.63) is 27.2 Å². The molecule has 0 bridgehead atoms. The molecular weight excluding hydrogens is 280 g/mol. The average Bonchev–Trinajstić information content (AvgIpc) is 2.90. The van der Waals surface area contributed by atoms with Gasteiger partial charge in [0, 0.05) is 20.5 Å². The highest BCUT2D eigenvalue weighted by Crippen LogP contribution is 2.22. The summed E-state index contributed by atoms with van der Waals surface area (Å²) in [7, 11) is 2.80. The van der Waals surface area contributed by atoms with Gasteiger partial charge in [0.25, 0.3) is 5.56 Å². The first-order valence-electron chi connectivity index (χ1n) is 6.26. The molecule has 21 heavy (non-hydrogen) atoms. The van der Waals surface area contributed by atoms with E-state index in [-0.39, 0.29) is 29.8 Å². The summed E-state index contributed by atoms with van der Waals surface area (Å²) in [5, 5.41) is 0. The molecule has 3 heterocycles. The number of hydrogen-bond donors (Lipinski definition) is 0. The van der Waals surface area contributed by atoms with Crippen molar-refractivity contribution < 1.29 is 14.3 Å². The van der Waals surface area contributed by atoms with Crippen molar-refractivity contribution in [3.8, 4) is 0 Å². The minimum atomic E-state index is -1.21. The van der Waals surface area contributed by atoms with Gasteiger partial charge in [-0.3, -0.25) is 28.1 Å². The van der Waals surface area contributed by atoms with Crippen LogP contribution < -0.4 is 11.2 Å². The van der Waals surface area contributed by atoms with Gasteiger partial charge in [-0.1, -0.05) is 0 Å². The molecule has 0 aromatic carbocycles. The van der Waals surface area contributed by atoms with Gasteiger partial charge < -0.3 is 4.74 Å². The summed E-state index contributed by atoms with van der Waals surface area (Å²) in [6.07, 6.45) is 0.0989. The van der Waals surface area contributed by atoms with E-state index < -0.39 is 23.4 Å². The highest BCUT2D eigenvalue weighted by atomic mass is 16.6. The standard InChI is InChI=1S/C12H12N4O5/c1-14-9-8(10(19)15(2)12(14)20)16(5-13-9)11-6(17)3-4-7(18)21-11/h5,11H,3-4H2,1-2H3. The molecule has 1 fully saturated rings. The Kier molecular flexibility index (Phi) is 2.78. The monoisotopic (exact) mass is 292 g/mol. The SMILES string of the molecule is Cn1c(=O)c2c(ncn2C2OC(=O)CCC2=O)n(C)c1=O. The quantitative estimate of drug-likeness (QED) is 0.614. The summed E-state index contributed by atoms with van der Waals surface area (Å²) in [5.41, 5.74) is -0.935. The molecule has 2 aromatic heterocycles. The number of fused-ring (bicyclic) bond motifs is 1. The number of aryl methyl sites for hydroxylation is 1. The second kappa shape index (κ2) is 4.40. The number of hydrogen-bond acceptors (Lipinski definition) is 6. The molecule has 1 saturated heterocycles. The van der Waals surface area contributed by atoms with Crippen LogP contribution >= 0.6 is 0 Å². The van der Waals surface area contributed by atoms with E-state index in [1.54, 1.807) is 0 Å². The van der Waals surface area contributed by atoms with Gasteiger partial charge >= 0.3 is 11.7 Å². The van der Waals surface area contributed by atoms with Gasteiger partial charge in [0.2, 0.25) is 6.23 Å². The molecule has 1 aliphatic heterocycles.